The highest BCUT2D eigenvalue weighted by atomic mass is 16.7. The zero-order chi connectivity index (χ0) is 12.3. The van der Waals surface area contributed by atoms with Crippen LogP contribution in [-0.4, -0.2) is 26.5 Å². The summed E-state index contributed by atoms with van der Waals surface area (Å²) >= 11 is 0. The summed E-state index contributed by atoms with van der Waals surface area (Å²) in [6.45, 7) is 0. The van der Waals surface area contributed by atoms with Gasteiger partial charge < -0.3 is 19.5 Å². The number of benzene rings is 1. The fourth-order valence-corrected chi connectivity index (χ4v) is 1.51. The molecule has 1 atom stereocenters. The Kier molecular flexibility index (Phi) is 3.30. The first-order valence-corrected chi connectivity index (χ1v) is 5.09. The van der Waals surface area contributed by atoms with Crippen molar-refractivity contribution in [1.82, 2.24) is 0 Å². The van der Waals surface area contributed by atoms with Crippen LogP contribution in [0.3, 0.4) is 0 Å². The number of cyclic esters (lactones) is 1. The van der Waals surface area contributed by atoms with Gasteiger partial charge in [0.2, 0.25) is 6.29 Å². The number of esters is 1. The maximum atomic E-state index is 11.1. The fraction of sp³-hybridized carbons (Fsp3) is 0.250. The highest BCUT2D eigenvalue weighted by Crippen LogP contribution is 2.21. The monoisotopic (exact) mass is 235 g/mol. The Hall–Kier alpha value is -2.01. The zero-order valence-electron chi connectivity index (χ0n) is 9.60. The smallest absolute Gasteiger partial charge is 0.335 e. The molecular weight excluding hydrogens is 222 g/mol. The molecule has 1 aliphatic rings. The Bertz CT molecular complexity index is 438. The average molecular weight is 235 g/mol. The van der Waals surface area contributed by atoms with E-state index in [9.17, 15) is 4.79 Å². The minimum absolute atomic E-state index is 0.409. The summed E-state index contributed by atoms with van der Waals surface area (Å²) in [6, 6.07) is 7.33. The first-order chi connectivity index (χ1) is 8.22. The van der Waals surface area contributed by atoms with Crippen molar-refractivity contribution < 1.29 is 19.0 Å². The van der Waals surface area contributed by atoms with Crippen molar-refractivity contribution in [3.8, 4) is 5.75 Å². The molecule has 2 rings (SSSR count). The number of hydrogen-bond acceptors (Lipinski definition) is 5. The molecule has 0 bridgehead atoms. The second-order valence-electron chi connectivity index (χ2n) is 3.46. The summed E-state index contributed by atoms with van der Waals surface area (Å²) in [7, 11) is 3.09. The molecule has 0 aromatic heterocycles. The van der Waals surface area contributed by atoms with Crippen molar-refractivity contribution >= 4 is 11.7 Å². The van der Waals surface area contributed by atoms with Crippen molar-refractivity contribution in [3.63, 3.8) is 0 Å². The molecule has 0 saturated carbocycles. The number of ether oxygens (including phenoxy) is 3. The van der Waals surface area contributed by atoms with Crippen LogP contribution in [0.1, 0.15) is 0 Å². The second kappa shape index (κ2) is 4.88. The van der Waals surface area contributed by atoms with E-state index >= 15 is 0 Å². The van der Waals surface area contributed by atoms with E-state index in [4.69, 9.17) is 14.2 Å². The molecule has 1 aliphatic heterocycles. The van der Waals surface area contributed by atoms with Crippen molar-refractivity contribution in [2.45, 2.75) is 6.29 Å². The minimum atomic E-state index is -0.662. The van der Waals surface area contributed by atoms with Crippen molar-refractivity contribution in [2.24, 2.45) is 0 Å². The maximum absolute atomic E-state index is 11.1. The fourth-order valence-electron chi connectivity index (χ4n) is 1.51. The highest BCUT2D eigenvalue weighted by Gasteiger charge is 2.25. The van der Waals surface area contributed by atoms with Gasteiger partial charge in [0.05, 0.1) is 12.8 Å². The first-order valence-electron chi connectivity index (χ1n) is 5.09. The van der Waals surface area contributed by atoms with E-state index in [-0.39, 0.29) is 0 Å². The van der Waals surface area contributed by atoms with Gasteiger partial charge in [-0.15, -0.1) is 0 Å². The molecule has 1 aromatic rings. The molecule has 90 valence electrons. The third-order valence-corrected chi connectivity index (χ3v) is 2.34. The van der Waals surface area contributed by atoms with E-state index in [1.807, 2.05) is 24.3 Å². The lowest BCUT2D eigenvalue weighted by Crippen LogP contribution is -2.18. The lowest BCUT2D eigenvalue weighted by atomic mass is 10.3. The predicted octanol–water partition coefficient (Wildman–Crippen LogP) is 1.52. The summed E-state index contributed by atoms with van der Waals surface area (Å²) in [5, 5.41) is 3.06. The van der Waals surface area contributed by atoms with Crippen LogP contribution in [-0.2, 0) is 14.3 Å². The van der Waals surface area contributed by atoms with Gasteiger partial charge in [0, 0.05) is 18.9 Å². The minimum Gasteiger partial charge on any atom is -0.497 e. The van der Waals surface area contributed by atoms with Gasteiger partial charge >= 0.3 is 5.97 Å². The molecule has 0 aliphatic carbocycles. The Morgan fingerprint density at radius 3 is 2.53 bits per heavy atom. The van der Waals surface area contributed by atoms with Crippen LogP contribution in [0.25, 0.3) is 0 Å². The number of carbonyl (C=O) groups is 1. The molecule has 0 saturated heterocycles. The lowest BCUT2D eigenvalue weighted by molar-refractivity contribution is -0.155. The van der Waals surface area contributed by atoms with Crippen molar-refractivity contribution in [3.05, 3.63) is 36.0 Å². The molecule has 0 radical (unpaired) electrons. The summed E-state index contributed by atoms with van der Waals surface area (Å²) < 4.78 is 15.0. The van der Waals surface area contributed by atoms with Crippen LogP contribution >= 0.6 is 0 Å². The molecule has 5 heteroatoms. The number of anilines is 1. The van der Waals surface area contributed by atoms with Crippen molar-refractivity contribution in [2.75, 3.05) is 19.5 Å². The van der Waals surface area contributed by atoms with E-state index < -0.39 is 12.3 Å². The molecule has 0 spiro atoms. The number of hydrogen-bond donors (Lipinski definition) is 1. The molecule has 17 heavy (non-hydrogen) atoms. The lowest BCUT2D eigenvalue weighted by Gasteiger charge is -2.14. The van der Waals surface area contributed by atoms with E-state index in [2.05, 4.69) is 5.32 Å². The van der Waals surface area contributed by atoms with E-state index in [0.29, 0.717) is 5.70 Å². The molecule has 1 aromatic carbocycles. The van der Waals surface area contributed by atoms with Crippen molar-refractivity contribution in [1.29, 1.82) is 0 Å². The molecule has 5 nitrogen and oxygen atoms in total. The average Bonchev–Trinajstić information content (AvgIpc) is 2.70. The normalized spacial score (nSPS) is 18.6. The summed E-state index contributed by atoms with van der Waals surface area (Å²) in [6.07, 6.45) is 0.711. The Balaban J connectivity index is 2.09. The van der Waals surface area contributed by atoms with Crippen LogP contribution in [0, 0.1) is 0 Å². The molecule has 1 unspecified atom stereocenters. The van der Waals surface area contributed by atoms with Gasteiger partial charge in [-0.2, -0.15) is 0 Å². The largest absolute Gasteiger partial charge is 0.497 e. The molecular formula is C12H13NO4. The van der Waals surface area contributed by atoms with Gasteiger partial charge in [-0.3, -0.25) is 0 Å². The van der Waals surface area contributed by atoms with Gasteiger partial charge in [-0.05, 0) is 24.3 Å². The van der Waals surface area contributed by atoms with E-state index in [1.54, 1.807) is 7.11 Å². The van der Waals surface area contributed by atoms with Crippen LogP contribution < -0.4 is 10.1 Å². The predicted molar refractivity (Wildman–Crippen MR) is 61.6 cm³/mol. The first kappa shape index (κ1) is 11.5. The van der Waals surface area contributed by atoms with Gasteiger partial charge in [-0.25, -0.2) is 4.79 Å². The molecule has 1 N–H and O–H groups in total. The summed E-state index contributed by atoms with van der Waals surface area (Å²) in [4.78, 5) is 11.1. The quantitative estimate of drug-likeness (QED) is 0.802. The summed E-state index contributed by atoms with van der Waals surface area (Å²) in [5.74, 6) is 0.361. The molecule has 0 fully saturated rings. The Morgan fingerprint density at radius 1 is 1.24 bits per heavy atom. The summed E-state index contributed by atoms with van der Waals surface area (Å²) in [5.41, 5.74) is 1.42. The standard InChI is InChI=1S/C12H13NO4/c1-15-9-5-3-8(4-6-9)13-10-7-11(14)17-12(10)16-2/h3-7,12-13H,1-2H3. The molecule has 1 heterocycles. The van der Waals surface area contributed by atoms with Crippen LogP contribution in [0.5, 0.6) is 5.75 Å². The number of carbonyl (C=O) groups excluding carboxylic acids is 1. The third kappa shape index (κ3) is 2.57. The van der Waals surface area contributed by atoms with Gasteiger partial charge in [0.15, 0.2) is 0 Å². The SMILES string of the molecule is COc1ccc(NC2=CC(=O)OC2OC)cc1. The number of methoxy groups -OCH3 is 2. The van der Waals surface area contributed by atoms with Gasteiger partial charge in [0.1, 0.15) is 5.75 Å². The Labute approximate surface area is 99.0 Å². The van der Waals surface area contributed by atoms with Gasteiger partial charge in [-0.1, -0.05) is 0 Å². The number of nitrogens with one attached hydrogen (secondary N) is 1. The third-order valence-electron chi connectivity index (χ3n) is 2.34. The van der Waals surface area contributed by atoms with Crippen LogP contribution in [0.15, 0.2) is 36.0 Å². The topological polar surface area (TPSA) is 56.8 Å². The van der Waals surface area contributed by atoms with Crippen LogP contribution in [0.4, 0.5) is 5.69 Å². The number of rotatable bonds is 4. The maximum Gasteiger partial charge on any atom is 0.335 e. The highest BCUT2D eigenvalue weighted by molar-refractivity contribution is 5.86. The Morgan fingerprint density at radius 2 is 1.94 bits per heavy atom. The van der Waals surface area contributed by atoms with Crippen LogP contribution in [0.2, 0.25) is 0 Å². The van der Waals surface area contributed by atoms with Gasteiger partial charge in [0.25, 0.3) is 0 Å². The molecule has 0 amide bonds. The zero-order valence-corrected chi connectivity index (χ0v) is 9.60. The van der Waals surface area contributed by atoms with E-state index in [0.717, 1.165) is 11.4 Å². The van der Waals surface area contributed by atoms with E-state index in [1.165, 1.54) is 13.2 Å². The second-order valence-corrected chi connectivity index (χ2v) is 3.46.